The SMILES string of the molecule is CC(C=O)C1CCC(C)C1C=O. The van der Waals surface area contributed by atoms with Gasteiger partial charge in [-0.1, -0.05) is 13.8 Å². The Morgan fingerprint density at radius 2 is 2.00 bits per heavy atom. The minimum absolute atomic E-state index is 0.0464. The van der Waals surface area contributed by atoms with E-state index in [0.29, 0.717) is 11.8 Å². The Kier molecular flexibility index (Phi) is 3.01. The molecule has 0 N–H and O–H groups in total. The summed E-state index contributed by atoms with van der Waals surface area (Å²) in [5.74, 6) is 0.931. The van der Waals surface area contributed by atoms with Crippen LogP contribution in [0.1, 0.15) is 26.7 Å². The van der Waals surface area contributed by atoms with Crippen molar-refractivity contribution in [2.75, 3.05) is 0 Å². The van der Waals surface area contributed by atoms with Gasteiger partial charge in [0.25, 0.3) is 0 Å². The van der Waals surface area contributed by atoms with E-state index < -0.39 is 0 Å². The molecule has 1 rings (SSSR count). The van der Waals surface area contributed by atoms with Gasteiger partial charge in [-0.2, -0.15) is 0 Å². The van der Waals surface area contributed by atoms with E-state index in [1.807, 2.05) is 6.92 Å². The van der Waals surface area contributed by atoms with Gasteiger partial charge < -0.3 is 9.59 Å². The minimum atomic E-state index is 0.0464. The molecule has 0 aromatic rings. The molecule has 0 aliphatic heterocycles. The molecule has 2 nitrogen and oxygen atoms in total. The number of aldehydes is 2. The highest BCUT2D eigenvalue weighted by atomic mass is 16.1. The van der Waals surface area contributed by atoms with E-state index in [0.717, 1.165) is 25.4 Å². The number of hydrogen-bond acceptors (Lipinski definition) is 2. The first-order chi connectivity index (χ1) is 5.70. The van der Waals surface area contributed by atoms with E-state index in [4.69, 9.17) is 0 Å². The van der Waals surface area contributed by atoms with Crippen molar-refractivity contribution >= 4 is 12.6 Å². The molecule has 1 saturated carbocycles. The molecule has 0 aromatic heterocycles. The zero-order valence-corrected chi connectivity index (χ0v) is 7.69. The first kappa shape index (κ1) is 9.43. The molecular formula is C10H16O2. The summed E-state index contributed by atoms with van der Waals surface area (Å²) < 4.78 is 0. The summed E-state index contributed by atoms with van der Waals surface area (Å²) in [5, 5.41) is 0. The Balaban J connectivity index is 2.65. The van der Waals surface area contributed by atoms with E-state index >= 15 is 0 Å². The second kappa shape index (κ2) is 3.83. The standard InChI is InChI=1S/C10H16O2/c1-7-3-4-9(8(2)5-11)10(7)6-12/h5-10H,3-4H2,1-2H3. The predicted octanol–water partition coefficient (Wildman–Crippen LogP) is 1.68. The van der Waals surface area contributed by atoms with Gasteiger partial charge >= 0.3 is 0 Å². The Morgan fingerprint density at radius 3 is 2.50 bits per heavy atom. The fourth-order valence-electron chi connectivity index (χ4n) is 2.21. The maximum atomic E-state index is 10.7. The van der Waals surface area contributed by atoms with E-state index in [9.17, 15) is 9.59 Å². The van der Waals surface area contributed by atoms with Crippen molar-refractivity contribution in [3.05, 3.63) is 0 Å². The Labute approximate surface area is 73.3 Å². The lowest BCUT2D eigenvalue weighted by atomic mass is 9.84. The van der Waals surface area contributed by atoms with Crippen molar-refractivity contribution in [1.82, 2.24) is 0 Å². The Bertz CT molecular complexity index is 177. The van der Waals surface area contributed by atoms with Crippen LogP contribution in [0.3, 0.4) is 0 Å². The third-order valence-corrected chi connectivity index (χ3v) is 3.15. The fraction of sp³-hybridized carbons (Fsp3) is 0.800. The average Bonchev–Trinajstić information content (AvgIpc) is 2.45. The number of rotatable bonds is 3. The molecule has 0 saturated heterocycles. The third kappa shape index (κ3) is 1.57. The highest BCUT2D eigenvalue weighted by molar-refractivity contribution is 5.59. The van der Waals surface area contributed by atoms with Crippen LogP contribution in [0.5, 0.6) is 0 Å². The third-order valence-electron chi connectivity index (χ3n) is 3.15. The van der Waals surface area contributed by atoms with E-state index in [1.54, 1.807) is 0 Å². The smallest absolute Gasteiger partial charge is 0.123 e. The van der Waals surface area contributed by atoms with Crippen LogP contribution in [-0.2, 0) is 9.59 Å². The molecule has 12 heavy (non-hydrogen) atoms. The highest BCUT2D eigenvalue weighted by Gasteiger charge is 2.35. The summed E-state index contributed by atoms with van der Waals surface area (Å²) >= 11 is 0. The quantitative estimate of drug-likeness (QED) is 0.601. The molecule has 68 valence electrons. The van der Waals surface area contributed by atoms with Gasteiger partial charge in [-0.05, 0) is 24.7 Å². The molecule has 4 unspecified atom stereocenters. The fourth-order valence-corrected chi connectivity index (χ4v) is 2.21. The van der Waals surface area contributed by atoms with Crippen LogP contribution >= 0.6 is 0 Å². The van der Waals surface area contributed by atoms with Crippen molar-refractivity contribution in [1.29, 1.82) is 0 Å². The Morgan fingerprint density at radius 1 is 1.33 bits per heavy atom. The highest BCUT2D eigenvalue weighted by Crippen LogP contribution is 2.39. The summed E-state index contributed by atoms with van der Waals surface area (Å²) in [7, 11) is 0. The monoisotopic (exact) mass is 168 g/mol. The van der Waals surface area contributed by atoms with Crippen molar-refractivity contribution < 1.29 is 9.59 Å². The molecule has 0 bridgehead atoms. The molecule has 1 aliphatic carbocycles. The summed E-state index contributed by atoms with van der Waals surface area (Å²) in [4.78, 5) is 21.3. The van der Waals surface area contributed by atoms with Crippen LogP contribution in [0.25, 0.3) is 0 Å². The molecule has 0 radical (unpaired) electrons. The Hall–Kier alpha value is -0.660. The maximum absolute atomic E-state index is 10.7. The molecule has 4 atom stereocenters. The topological polar surface area (TPSA) is 34.1 Å². The van der Waals surface area contributed by atoms with Crippen LogP contribution in [0, 0.1) is 23.7 Å². The van der Waals surface area contributed by atoms with Gasteiger partial charge in [0.2, 0.25) is 0 Å². The van der Waals surface area contributed by atoms with Gasteiger partial charge in [-0.15, -0.1) is 0 Å². The lowest BCUT2D eigenvalue weighted by Gasteiger charge is -2.19. The first-order valence-corrected chi connectivity index (χ1v) is 4.61. The molecule has 0 spiro atoms. The molecule has 0 heterocycles. The molecule has 2 heteroatoms. The van der Waals surface area contributed by atoms with Crippen molar-refractivity contribution in [2.45, 2.75) is 26.7 Å². The zero-order chi connectivity index (χ0) is 9.14. The molecule has 1 fully saturated rings. The zero-order valence-electron chi connectivity index (χ0n) is 7.69. The molecular weight excluding hydrogens is 152 g/mol. The number of carbonyl (C=O) groups is 2. The lowest BCUT2D eigenvalue weighted by molar-refractivity contribution is -0.116. The minimum Gasteiger partial charge on any atom is -0.303 e. The first-order valence-electron chi connectivity index (χ1n) is 4.61. The van der Waals surface area contributed by atoms with Crippen LogP contribution in [0.15, 0.2) is 0 Å². The summed E-state index contributed by atoms with van der Waals surface area (Å²) in [5.41, 5.74) is 0. The van der Waals surface area contributed by atoms with Crippen LogP contribution < -0.4 is 0 Å². The van der Waals surface area contributed by atoms with Gasteiger partial charge in [-0.25, -0.2) is 0 Å². The van der Waals surface area contributed by atoms with Gasteiger partial charge in [0.15, 0.2) is 0 Å². The summed E-state index contributed by atoms with van der Waals surface area (Å²) in [6, 6.07) is 0. The van der Waals surface area contributed by atoms with Gasteiger partial charge in [0.05, 0.1) is 0 Å². The second-order valence-corrected chi connectivity index (χ2v) is 3.93. The number of hydrogen-bond donors (Lipinski definition) is 0. The van der Waals surface area contributed by atoms with Gasteiger partial charge in [-0.3, -0.25) is 0 Å². The van der Waals surface area contributed by atoms with Crippen LogP contribution in [-0.4, -0.2) is 12.6 Å². The average molecular weight is 168 g/mol. The van der Waals surface area contributed by atoms with Crippen LogP contribution in [0.2, 0.25) is 0 Å². The van der Waals surface area contributed by atoms with E-state index in [-0.39, 0.29) is 11.8 Å². The van der Waals surface area contributed by atoms with Crippen molar-refractivity contribution in [3.63, 3.8) is 0 Å². The van der Waals surface area contributed by atoms with Gasteiger partial charge in [0, 0.05) is 11.8 Å². The molecule has 1 aliphatic rings. The molecule has 0 aromatic carbocycles. The van der Waals surface area contributed by atoms with Gasteiger partial charge in [0.1, 0.15) is 12.6 Å². The van der Waals surface area contributed by atoms with Crippen LogP contribution in [0.4, 0.5) is 0 Å². The van der Waals surface area contributed by atoms with Crippen molar-refractivity contribution in [3.8, 4) is 0 Å². The summed E-state index contributed by atoms with van der Waals surface area (Å²) in [6.45, 7) is 4.00. The second-order valence-electron chi connectivity index (χ2n) is 3.93. The largest absolute Gasteiger partial charge is 0.303 e. The normalized spacial score (nSPS) is 37.7. The predicted molar refractivity (Wildman–Crippen MR) is 46.7 cm³/mol. The number of carbonyl (C=O) groups excluding carboxylic acids is 2. The van der Waals surface area contributed by atoms with E-state index in [1.165, 1.54) is 0 Å². The maximum Gasteiger partial charge on any atom is 0.123 e. The van der Waals surface area contributed by atoms with E-state index in [2.05, 4.69) is 6.92 Å². The summed E-state index contributed by atoms with van der Waals surface area (Å²) in [6.07, 6.45) is 4.12. The molecule has 0 amide bonds. The van der Waals surface area contributed by atoms with Crippen molar-refractivity contribution in [2.24, 2.45) is 23.7 Å². The lowest BCUT2D eigenvalue weighted by Crippen LogP contribution is -2.21.